The van der Waals surface area contributed by atoms with Gasteiger partial charge in [-0.2, -0.15) is 5.10 Å². The Bertz CT molecular complexity index is 1760. The van der Waals surface area contributed by atoms with Gasteiger partial charge in [-0.25, -0.2) is 18.3 Å². The average Bonchev–Trinajstić information content (AvgIpc) is 3.61. The maximum absolute atomic E-state index is 13.8. The summed E-state index contributed by atoms with van der Waals surface area (Å²) in [7, 11) is 0. The third-order valence-electron chi connectivity index (χ3n) is 7.53. The summed E-state index contributed by atoms with van der Waals surface area (Å²) >= 11 is 5.91. The van der Waals surface area contributed by atoms with Gasteiger partial charge in [0.2, 0.25) is 0 Å². The highest BCUT2D eigenvalue weighted by atomic mass is 35.5. The van der Waals surface area contributed by atoms with Crippen molar-refractivity contribution >= 4 is 28.5 Å². The second-order valence-electron chi connectivity index (χ2n) is 10.1. The van der Waals surface area contributed by atoms with Crippen molar-refractivity contribution in [2.75, 3.05) is 0 Å². The Morgan fingerprint density at radius 1 is 1.02 bits per heavy atom. The molecule has 6 rings (SSSR count). The summed E-state index contributed by atoms with van der Waals surface area (Å²) in [6.45, 7) is 0.521. The van der Waals surface area contributed by atoms with Crippen molar-refractivity contribution in [2.45, 2.75) is 44.7 Å². The number of hydrogen-bond donors (Lipinski definition) is 1. The molecule has 9 nitrogen and oxygen atoms in total. The molecule has 210 valence electrons. The number of nitrogens with one attached hydrogen (secondary N) is 1. The van der Waals surface area contributed by atoms with Gasteiger partial charge in [0.1, 0.15) is 5.69 Å². The van der Waals surface area contributed by atoms with Crippen LogP contribution in [-0.4, -0.2) is 40.8 Å². The molecule has 0 bridgehead atoms. The summed E-state index contributed by atoms with van der Waals surface area (Å²) in [4.78, 5) is 34.6. The summed E-state index contributed by atoms with van der Waals surface area (Å²) in [6, 6.07) is 12.4. The van der Waals surface area contributed by atoms with Crippen molar-refractivity contribution in [3.63, 3.8) is 0 Å². The highest BCUT2D eigenvalue weighted by Crippen LogP contribution is 2.29. The summed E-state index contributed by atoms with van der Waals surface area (Å²) in [6.07, 6.45) is 7.93. The number of rotatable bonds is 7. The molecule has 1 aliphatic rings. The van der Waals surface area contributed by atoms with Gasteiger partial charge in [-0.3, -0.25) is 23.9 Å². The summed E-state index contributed by atoms with van der Waals surface area (Å²) in [5.41, 5.74) is 2.04. The van der Waals surface area contributed by atoms with Crippen LogP contribution in [0.15, 0.2) is 78.2 Å². The molecule has 1 saturated carbocycles. The molecule has 41 heavy (non-hydrogen) atoms. The van der Waals surface area contributed by atoms with Gasteiger partial charge in [-0.1, -0.05) is 23.7 Å². The van der Waals surface area contributed by atoms with Crippen molar-refractivity contribution in [1.82, 2.24) is 34.2 Å². The van der Waals surface area contributed by atoms with E-state index in [9.17, 15) is 18.4 Å². The largest absolute Gasteiger partial charge is 0.349 e. The van der Waals surface area contributed by atoms with Crippen molar-refractivity contribution < 1.29 is 13.6 Å². The van der Waals surface area contributed by atoms with Crippen molar-refractivity contribution in [2.24, 2.45) is 5.92 Å². The Morgan fingerprint density at radius 2 is 1.78 bits per heavy atom. The van der Waals surface area contributed by atoms with Gasteiger partial charge < -0.3 is 5.32 Å². The van der Waals surface area contributed by atoms with E-state index >= 15 is 0 Å². The van der Waals surface area contributed by atoms with E-state index in [1.54, 1.807) is 32.4 Å². The lowest BCUT2D eigenvalue weighted by atomic mass is 9.85. The van der Waals surface area contributed by atoms with Crippen molar-refractivity contribution in [3.8, 4) is 11.4 Å². The van der Waals surface area contributed by atoms with Crippen LogP contribution in [0.25, 0.3) is 22.4 Å². The molecule has 0 spiro atoms. The van der Waals surface area contributed by atoms with E-state index in [-0.39, 0.29) is 28.2 Å². The number of aromatic nitrogens is 6. The molecule has 5 aromatic rings. The number of nitrogens with zero attached hydrogens (tertiary/aromatic N) is 6. The lowest BCUT2D eigenvalue weighted by Crippen LogP contribution is -2.39. The molecule has 0 aliphatic heterocycles. The fourth-order valence-corrected chi connectivity index (χ4v) is 5.69. The Hall–Kier alpha value is -4.38. The van der Waals surface area contributed by atoms with E-state index in [1.807, 2.05) is 42.6 Å². The fourth-order valence-electron chi connectivity index (χ4n) is 5.54. The van der Waals surface area contributed by atoms with Crippen LogP contribution in [0.3, 0.4) is 0 Å². The third kappa shape index (κ3) is 5.37. The second kappa shape index (κ2) is 11.2. The minimum absolute atomic E-state index is 0.122. The molecule has 1 aromatic carbocycles. The monoisotopic (exact) mass is 577 g/mol. The molecular weight excluding hydrogens is 552 g/mol. The number of benzene rings is 1. The number of hydrogen-bond acceptors (Lipinski definition) is 5. The van der Waals surface area contributed by atoms with Gasteiger partial charge in [0.15, 0.2) is 0 Å². The van der Waals surface area contributed by atoms with Gasteiger partial charge in [0, 0.05) is 31.2 Å². The molecule has 4 aromatic heterocycles. The van der Waals surface area contributed by atoms with Crippen LogP contribution in [0.5, 0.6) is 0 Å². The minimum atomic E-state index is -2.88. The van der Waals surface area contributed by atoms with Gasteiger partial charge in [-0.15, -0.1) is 0 Å². The van der Waals surface area contributed by atoms with E-state index in [0.29, 0.717) is 25.1 Å². The second-order valence-corrected chi connectivity index (χ2v) is 10.6. The fraction of sp³-hybridized carbons (Fsp3) is 0.276. The zero-order valence-electron chi connectivity index (χ0n) is 21.8. The molecule has 1 amide bonds. The highest BCUT2D eigenvalue weighted by molar-refractivity contribution is 6.30. The standard InChI is InChI=1S/C29H26ClF2N7O2/c30-19-12-23(26(27(31)32)34-14-19)28(40)36-20-8-6-18(7-9-20)17-37-24-4-1-2-5-25(24)39(29(37)41)22-13-21(15-33-16-22)38-11-3-10-35-38/h1-5,10-16,18,20,27H,6-9,17H2,(H,36,40). The van der Waals surface area contributed by atoms with E-state index in [2.05, 4.69) is 20.4 Å². The molecular formula is C29H26ClF2N7O2. The molecule has 1 fully saturated rings. The zero-order chi connectivity index (χ0) is 28.5. The van der Waals surface area contributed by atoms with E-state index in [4.69, 9.17) is 11.6 Å². The molecule has 1 N–H and O–H groups in total. The number of pyridine rings is 2. The van der Waals surface area contributed by atoms with Crippen LogP contribution in [0, 0.1) is 5.92 Å². The number of para-hydroxylation sites is 2. The topological polar surface area (TPSA) is 99.6 Å². The van der Waals surface area contributed by atoms with Gasteiger partial charge in [0.05, 0.1) is 45.4 Å². The quantitative estimate of drug-likeness (QED) is 0.281. The van der Waals surface area contributed by atoms with Gasteiger partial charge in [0.25, 0.3) is 12.3 Å². The Balaban J connectivity index is 1.19. The minimum Gasteiger partial charge on any atom is -0.349 e. The molecule has 0 atom stereocenters. The molecule has 12 heteroatoms. The number of carbonyl (C=O) groups excluding carboxylic acids is 1. The average molecular weight is 578 g/mol. The summed E-state index contributed by atoms with van der Waals surface area (Å²) in [5, 5.41) is 7.25. The molecule has 0 saturated heterocycles. The number of halogens is 3. The molecule has 0 unspecified atom stereocenters. The van der Waals surface area contributed by atoms with Crippen LogP contribution in [0.1, 0.15) is 48.2 Å². The number of fused-ring (bicyclic) bond motifs is 1. The van der Waals surface area contributed by atoms with E-state index in [0.717, 1.165) is 35.8 Å². The van der Waals surface area contributed by atoms with Crippen molar-refractivity contribution in [3.05, 3.63) is 100 Å². The van der Waals surface area contributed by atoms with Gasteiger partial charge >= 0.3 is 5.69 Å². The maximum atomic E-state index is 13.8. The molecule has 0 radical (unpaired) electrons. The van der Waals surface area contributed by atoms with Crippen LogP contribution < -0.4 is 11.0 Å². The molecule has 4 heterocycles. The lowest BCUT2D eigenvalue weighted by molar-refractivity contribution is 0.0904. The third-order valence-corrected chi connectivity index (χ3v) is 7.74. The Labute approximate surface area is 238 Å². The number of carbonyl (C=O) groups is 1. The van der Waals surface area contributed by atoms with Crippen LogP contribution in [0.4, 0.5) is 8.78 Å². The zero-order valence-corrected chi connectivity index (χ0v) is 22.6. The van der Waals surface area contributed by atoms with Crippen molar-refractivity contribution in [1.29, 1.82) is 0 Å². The smallest absolute Gasteiger partial charge is 0.333 e. The lowest BCUT2D eigenvalue weighted by Gasteiger charge is -2.29. The Kier molecular flexibility index (Phi) is 7.36. The maximum Gasteiger partial charge on any atom is 0.333 e. The summed E-state index contributed by atoms with van der Waals surface area (Å²) < 4.78 is 31.9. The molecule has 1 aliphatic carbocycles. The van der Waals surface area contributed by atoms with Crippen LogP contribution in [-0.2, 0) is 6.54 Å². The predicted octanol–water partition coefficient (Wildman–Crippen LogP) is 5.35. The SMILES string of the molecule is O=C(NC1CCC(Cn2c(=O)n(-c3cncc(-n4cccn4)c3)c3ccccc32)CC1)c1cc(Cl)cnc1C(F)F. The highest BCUT2D eigenvalue weighted by Gasteiger charge is 2.27. The first-order chi connectivity index (χ1) is 19.9. The number of amides is 1. The van der Waals surface area contributed by atoms with Crippen LogP contribution >= 0.6 is 11.6 Å². The normalized spacial score (nSPS) is 17.3. The van der Waals surface area contributed by atoms with Gasteiger partial charge in [-0.05, 0) is 61.9 Å². The first kappa shape index (κ1) is 26.8. The number of imidazole rings is 1. The first-order valence-corrected chi connectivity index (χ1v) is 13.7. The first-order valence-electron chi connectivity index (χ1n) is 13.3. The van der Waals surface area contributed by atoms with Crippen LogP contribution in [0.2, 0.25) is 5.02 Å². The van der Waals surface area contributed by atoms with E-state index < -0.39 is 18.0 Å². The predicted molar refractivity (Wildman–Crippen MR) is 150 cm³/mol. The Morgan fingerprint density at radius 3 is 2.51 bits per heavy atom. The number of alkyl halides is 2. The van der Waals surface area contributed by atoms with E-state index in [1.165, 1.54) is 6.07 Å². The summed E-state index contributed by atoms with van der Waals surface area (Å²) in [5.74, 6) is -0.401.